The molecule has 0 aliphatic heterocycles. The van der Waals surface area contributed by atoms with Crippen molar-refractivity contribution in [2.45, 2.75) is 32.6 Å². The Balaban J connectivity index is 2.45. The maximum atomic E-state index is 3.62. The van der Waals surface area contributed by atoms with Gasteiger partial charge in [-0.25, -0.2) is 0 Å². The maximum absolute atomic E-state index is 3.62. The summed E-state index contributed by atoms with van der Waals surface area (Å²) in [5, 5.41) is 2.33. The van der Waals surface area contributed by atoms with Crippen molar-refractivity contribution >= 4 is 31.9 Å². The van der Waals surface area contributed by atoms with Crippen molar-refractivity contribution in [3.63, 3.8) is 0 Å². The first-order valence-electron chi connectivity index (χ1n) is 4.34. The van der Waals surface area contributed by atoms with Crippen LogP contribution in [0.1, 0.15) is 32.6 Å². The summed E-state index contributed by atoms with van der Waals surface area (Å²) in [6, 6.07) is 0. The van der Waals surface area contributed by atoms with Crippen LogP contribution in [0, 0.1) is 11.3 Å². The Hall–Kier alpha value is 0.960. The lowest BCUT2D eigenvalue weighted by Gasteiger charge is -2.36. The van der Waals surface area contributed by atoms with E-state index in [2.05, 4.69) is 38.8 Å². The molecule has 0 atom stereocenters. The molecule has 1 saturated carbocycles. The lowest BCUT2D eigenvalue weighted by Crippen LogP contribution is -2.29. The van der Waals surface area contributed by atoms with E-state index >= 15 is 0 Å². The molecule has 0 N–H and O–H groups in total. The minimum absolute atomic E-state index is 0.576. The molecular weight excluding hydrogens is 268 g/mol. The van der Waals surface area contributed by atoms with Crippen LogP contribution in [-0.2, 0) is 0 Å². The second-order valence-corrected chi connectivity index (χ2v) is 5.07. The van der Waals surface area contributed by atoms with E-state index in [0.717, 1.165) is 16.6 Å². The molecule has 0 aromatic carbocycles. The van der Waals surface area contributed by atoms with Gasteiger partial charge in [0.1, 0.15) is 0 Å². The minimum atomic E-state index is 0.576. The van der Waals surface area contributed by atoms with Crippen molar-refractivity contribution in [2.75, 3.05) is 10.7 Å². The highest BCUT2D eigenvalue weighted by Gasteiger charge is 2.31. The summed E-state index contributed by atoms with van der Waals surface area (Å²) in [7, 11) is 0. The number of hydrogen-bond donors (Lipinski definition) is 0. The molecule has 0 amide bonds. The van der Waals surface area contributed by atoms with Crippen LogP contribution in [0.3, 0.4) is 0 Å². The molecule has 0 nitrogen and oxygen atoms in total. The van der Waals surface area contributed by atoms with Gasteiger partial charge in [-0.15, -0.1) is 0 Å². The normalized spacial score (nSPS) is 25.4. The molecule has 11 heavy (non-hydrogen) atoms. The second kappa shape index (κ2) is 4.27. The van der Waals surface area contributed by atoms with Crippen LogP contribution in [0.2, 0.25) is 0 Å². The monoisotopic (exact) mass is 282 g/mol. The van der Waals surface area contributed by atoms with E-state index in [1.165, 1.54) is 25.7 Å². The predicted octanol–water partition coefficient (Wildman–Crippen LogP) is 3.97. The molecule has 0 spiro atoms. The van der Waals surface area contributed by atoms with E-state index < -0.39 is 0 Å². The van der Waals surface area contributed by atoms with Gasteiger partial charge in [0.2, 0.25) is 0 Å². The predicted molar refractivity (Wildman–Crippen MR) is 57.7 cm³/mol. The highest BCUT2D eigenvalue weighted by atomic mass is 79.9. The van der Waals surface area contributed by atoms with Crippen LogP contribution in [0.15, 0.2) is 0 Å². The first kappa shape index (κ1) is 10.0. The molecule has 66 valence electrons. The standard InChI is InChI=1S/C9H16Br2/c1-8-2-4-9(6-10,7-11)5-3-8/h8H,2-7H2,1H3. The molecule has 1 rings (SSSR count). The van der Waals surface area contributed by atoms with Crippen LogP contribution >= 0.6 is 31.9 Å². The topological polar surface area (TPSA) is 0 Å². The maximum Gasteiger partial charge on any atom is 0.00959 e. The molecule has 0 aromatic heterocycles. The summed E-state index contributed by atoms with van der Waals surface area (Å²) in [6.45, 7) is 2.37. The molecular formula is C9H16Br2. The van der Waals surface area contributed by atoms with E-state index in [1.807, 2.05) is 0 Å². The van der Waals surface area contributed by atoms with E-state index in [-0.39, 0.29) is 0 Å². The summed E-state index contributed by atoms with van der Waals surface area (Å²) < 4.78 is 0. The highest BCUT2D eigenvalue weighted by Crippen LogP contribution is 2.41. The van der Waals surface area contributed by atoms with Crippen molar-refractivity contribution in [1.29, 1.82) is 0 Å². The Bertz CT molecular complexity index is 109. The molecule has 0 radical (unpaired) electrons. The lowest BCUT2D eigenvalue weighted by molar-refractivity contribution is 0.215. The molecule has 0 aromatic rings. The van der Waals surface area contributed by atoms with Gasteiger partial charge in [0.15, 0.2) is 0 Å². The highest BCUT2D eigenvalue weighted by molar-refractivity contribution is 9.09. The van der Waals surface area contributed by atoms with Gasteiger partial charge < -0.3 is 0 Å². The van der Waals surface area contributed by atoms with Crippen molar-refractivity contribution < 1.29 is 0 Å². The quantitative estimate of drug-likeness (QED) is 0.673. The van der Waals surface area contributed by atoms with Crippen molar-refractivity contribution in [2.24, 2.45) is 11.3 Å². The lowest BCUT2D eigenvalue weighted by atomic mass is 9.74. The third-order valence-corrected chi connectivity index (χ3v) is 5.28. The van der Waals surface area contributed by atoms with Crippen molar-refractivity contribution in [1.82, 2.24) is 0 Å². The first-order valence-corrected chi connectivity index (χ1v) is 6.59. The third-order valence-electron chi connectivity index (χ3n) is 2.90. The second-order valence-electron chi connectivity index (χ2n) is 3.95. The van der Waals surface area contributed by atoms with Crippen molar-refractivity contribution in [3.8, 4) is 0 Å². The zero-order chi connectivity index (χ0) is 8.32. The SMILES string of the molecule is CC1CCC(CBr)(CBr)CC1. The van der Waals surface area contributed by atoms with Crippen LogP contribution in [0.4, 0.5) is 0 Å². The molecule has 0 bridgehead atoms. The third kappa shape index (κ3) is 2.45. The minimum Gasteiger partial charge on any atom is -0.0922 e. The number of alkyl halides is 2. The van der Waals surface area contributed by atoms with E-state index in [9.17, 15) is 0 Å². The van der Waals surface area contributed by atoms with Gasteiger partial charge in [0, 0.05) is 10.7 Å². The molecule has 2 heteroatoms. The summed E-state index contributed by atoms with van der Waals surface area (Å²) in [5.74, 6) is 0.959. The van der Waals surface area contributed by atoms with Gasteiger partial charge in [-0.1, -0.05) is 51.6 Å². The zero-order valence-corrected chi connectivity index (χ0v) is 10.2. The summed E-state index contributed by atoms with van der Waals surface area (Å²) in [5.41, 5.74) is 0.576. The fraction of sp³-hybridized carbons (Fsp3) is 1.00. The number of hydrogen-bond acceptors (Lipinski definition) is 0. The Kier molecular flexibility index (Phi) is 3.90. The van der Waals surface area contributed by atoms with Crippen LogP contribution in [-0.4, -0.2) is 10.7 Å². The Morgan fingerprint density at radius 2 is 1.64 bits per heavy atom. The number of rotatable bonds is 2. The Morgan fingerprint density at radius 1 is 1.18 bits per heavy atom. The van der Waals surface area contributed by atoms with E-state index in [4.69, 9.17) is 0 Å². The van der Waals surface area contributed by atoms with Crippen molar-refractivity contribution in [3.05, 3.63) is 0 Å². The largest absolute Gasteiger partial charge is 0.0922 e. The average Bonchev–Trinajstić information content (AvgIpc) is 2.07. The van der Waals surface area contributed by atoms with Crippen LogP contribution in [0.5, 0.6) is 0 Å². The smallest absolute Gasteiger partial charge is 0.00959 e. The summed E-state index contributed by atoms with van der Waals surface area (Å²) >= 11 is 7.24. The van der Waals surface area contributed by atoms with Gasteiger partial charge >= 0.3 is 0 Å². The van der Waals surface area contributed by atoms with Gasteiger partial charge in [0.25, 0.3) is 0 Å². The molecule has 1 fully saturated rings. The zero-order valence-electron chi connectivity index (χ0n) is 7.08. The first-order chi connectivity index (χ1) is 5.22. The summed E-state index contributed by atoms with van der Waals surface area (Å²) in [6.07, 6.45) is 5.61. The van der Waals surface area contributed by atoms with Gasteiger partial charge in [0.05, 0.1) is 0 Å². The molecule has 1 aliphatic carbocycles. The van der Waals surface area contributed by atoms with Gasteiger partial charge in [-0.05, 0) is 24.2 Å². The molecule has 1 aliphatic rings. The van der Waals surface area contributed by atoms with Crippen LogP contribution < -0.4 is 0 Å². The molecule has 0 saturated heterocycles. The molecule has 0 unspecified atom stereocenters. The van der Waals surface area contributed by atoms with Gasteiger partial charge in [-0.3, -0.25) is 0 Å². The molecule has 0 heterocycles. The fourth-order valence-corrected chi connectivity index (χ4v) is 3.73. The van der Waals surface area contributed by atoms with E-state index in [1.54, 1.807) is 0 Å². The van der Waals surface area contributed by atoms with Gasteiger partial charge in [-0.2, -0.15) is 0 Å². The summed E-state index contributed by atoms with van der Waals surface area (Å²) in [4.78, 5) is 0. The van der Waals surface area contributed by atoms with Crippen LogP contribution in [0.25, 0.3) is 0 Å². The fourth-order valence-electron chi connectivity index (χ4n) is 1.68. The Labute approximate surface area is 86.4 Å². The number of halogens is 2. The Morgan fingerprint density at radius 3 is 2.00 bits per heavy atom. The average molecular weight is 284 g/mol. The van der Waals surface area contributed by atoms with E-state index in [0.29, 0.717) is 5.41 Å².